The lowest BCUT2D eigenvalue weighted by atomic mass is 9.97. The first-order valence-corrected chi connectivity index (χ1v) is 5.71. The molecule has 1 heterocycles. The van der Waals surface area contributed by atoms with E-state index in [1.807, 2.05) is 18.7 Å². The van der Waals surface area contributed by atoms with Crippen molar-refractivity contribution in [3.05, 3.63) is 0 Å². The Labute approximate surface area is 97.3 Å². The van der Waals surface area contributed by atoms with Crippen LogP contribution < -0.4 is 11.1 Å². The molecule has 1 fully saturated rings. The Morgan fingerprint density at radius 2 is 2.25 bits per heavy atom. The molecule has 2 atom stereocenters. The van der Waals surface area contributed by atoms with E-state index in [9.17, 15) is 4.79 Å². The van der Waals surface area contributed by atoms with Crippen molar-refractivity contribution in [3.63, 3.8) is 0 Å². The van der Waals surface area contributed by atoms with Crippen molar-refractivity contribution < 1.29 is 9.53 Å². The Morgan fingerprint density at radius 3 is 2.75 bits per heavy atom. The predicted octanol–water partition coefficient (Wildman–Crippen LogP) is -0.441. The molecule has 5 heteroatoms. The molecule has 0 aromatic carbocycles. The third-order valence-corrected chi connectivity index (χ3v) is 3.22. The lowest BCUT2D eigenvalue weighted by Gasteiger charge is -2.37. The second-order valence-electron chi connectivity index (χ2n) is 4.92. The molecule has 0 aliphatic carbocycles. The average Bonchev–Trinajstić information content (AvgIpc) is 2.27. The van der Waals surface area contributed by atoms with Gasteiger partial charge in [0.1, 0.15) is 6.04 Å². The van der Waals surface area contributed by atoms with E-state index in [0.717, 1.165) is 13.1 Å². The molecule has 2 unspecified atom stereocenters. The van der Waals surface area contributed by atoms with Gasteiger partial charge in [-0.15, -0.1) is 0 Å². The van der Waals surface area contributed by atoms with Gasteiger partial charge in [0.15, 0.2) is 0 Å². The van der Waals surface area contributed by atoms with Crippen molar-refractivity contribution in [2.24, 2.45) is 5.73 Å². The Bertz CT molecular complexity index is 256. The number of nitrogens with two attached hydrogens (primary N) is 1. The van der Waals surface area contributed by atoms with Crippen molar-refractivity contribution >= 4 is 5.91 Å². The van der Waals surface area contributed by atoms with Crippen LogP contribution in [-0.2, 0) is 9.53 Å². The summed E-state index contributed by atoms with van der Waals surface area (Å²) in [5, 5.41) is 3.29. The Kier molecular flexibility index (Phi) is 4.29. The highest BCUT2D eigenvalue weighted by Gasteiger charge is 2.35. The summed E-state index contributed by atoms with van der Waals surface area (Å²) in [5.74, 6) is -0.0276. The van der Waals surface area contributed by atoms with Crippen molar-refractivity contribution in [2.45, 2.75) is 38.5 Å². The molecule has 0 bridgehead atoms. The first-order valence-electron chi connectivity index (χ1n) is 5.71. The molecule has 3 N–H and O–H groups in total. The minimum absolute atomic E-state index is 0.0276. The Balaban J connectivity index is 2.63. The van der Waals surface area contributed by atoms with Gasteiger partial charge >= 0.3 is 0 Å². The monoisotopic (exact) mass is 229 g/mol. The zero-order valence-electron chi connectivity index (χ0n) is 10.6. The lowest BCUT2D eigenvalue weighted by molar-refractivity contribution is -0.140. The van der Waals surface area contributed by atoms with Crippen molar-refractivity contribution in [1.29, 1.82) is 0 Å². The van der Waals surface area contributed by atoms with Crippen LogP contribution in [0, 0.1) is 0 Å². The highest BCUT2D eigenvalue weighted by atomic mass is 16.5. The molecule has 0 aromatic rings. The maximum Gasteiger partial charge on any atom is 0.242 e. The second-order valence-corrected chi connectivity index (χ2v) is 4.92. The number of carbonyl (C=O) groups is 1. The summed E-state index contributed by atoms with van der Waals surface area (Å²) < 4.78 is 5.25. The number of hydrogen-bond acceptors (Lipinski definition) is 4. The van der Waals surface area contributed by atoms with Gasteiger partial charge in [0.05, 0.1) is 5.60 Å². The number of carbonyl (C=O) groups excluding carboxylic acids is 1. The number of nitrogens with one attached hydrogen (secondary N) is 1. The first-order chi connectivity index (χ1) is 7.38. The number of amides is 1. The van der Waals surface area contributed by atoms with E-state index in [4.69, 9.17) is 10.5 Å². The number of methoxy groups -OCH3 is 1. The van der Waals surface area contributed by atoms with Crippen LogP contribution in [0.25, 0.3) is 0 Å². The van der Waals surface area contributed by atoms with E-state index in [2.05, 4.69) is 12.2 Å². The zero-order valence-corrected chi connectivity index (χ0v) is 10.6. The molecule has 1 amide bonds. The average molecular weight is 229 g/mol. The van der Waals surface area contributed by atoms with Gasteiger partial charge in [-0.05, 0) is 20.8 Å². The number of nitrogens with zero attached hydrogens (tertiary/aromatic N) is 1. The quantitative estimate of drug-likeness (QED) is 0.688. The Hall–Kier alpha value is -0.650. The maximum absolute atomic E-state index is 12.1. The van der Waals surface area contributed by atoms with Gasteiger partial charge in [-0.1, -0.05) is 0 Å². The standard InChI is InChI=1S/C11H23N3O2/c1-8-7-14(6-5-13-8)10(15)9(12)11(2,3)16-4/h8-9,13H,5-7,12H2,1-4H3. The fourth-order valence-electron chi connectivity index (χ4n) is 1.75. The van der Waals surface area contributed by atoms with Crippen LogP contribution in [0.4, 0.5) is 0 Å². The van der Waals surface area contributed by atoms with Crippen molar-refractivity contribution in [3.8, 4) is 0 Å². The molecule has 0 spiro atoms. The molecule has 0 saturated carbocycles. The van der Waals surface area contributed by atoms with E-state index >= 15 is 0 Å². The summed E-state index contributed by atoms with van der Waals surface area (Å²) in [6, 6.07) is -0.279. The minimum Gasteiger partial charge on any atom is -0.377 e. The third kappa shape index (κ3) is 2.93. The Morgan fingerprint density at radius 1 is 1.62 bits per heavy atom. The fraction of sp³-hybridized carbons (Fsp3) is 0.909. The molecule has 16 heavy (non-hydrogen) atoms. The lowest BCUT2D eigenvalue weighted by Crippen LogP contribution is -2.60. The SMILES string of the molecule is COC(C)(C)C(N)C(=O)N1CCNC(C)C1. The van der Waals surface area contributed by atoms with Gasteiger partial charge in [0, 0.05) is 32.8 Å². The van der Waals surface area contributed by atoms with Gasteiger partial charge in [-0.3, -0.25) is 4.79 Å². The van der Waals surface area contributed by atoms with E-state index in [-0.39, 0.29) is 5.91 Å². The molecule has 1 aliphatic heterocycles. The summed E-state index contributed by atoms with van der Waals surface area (Å²) >= 11 is 0. The molecule has 1 saturated heterocycles. The van der Waals surface area contributed by atoms with Crippen LogP contribution in [0.3, 0.4) is 0 Å². The van der Waals surface area contributed by atoms with Crippen LogP contribution in [0.15, 0.2) is 0 Å². The van der Waals surface area contributed by atoms with Crippen LogP contribution in [0.1, 0.15) is 20.8 Å². The summed E-state index contributed by atoms with van der Waals surface area (Å²) in [4.78, 5) is 14.0. The molecular weight excluding hydrogens is 206 g/mol. The topological polar surface area (TPSA) is 67.6 Å². The number of piperazine rings is 1. The molecule has 94 valence electrons. The molecule has 0 aromatic heterocycles. The van der Waals surface area contributed by atoms with Crippen molar-refractivity contribution in [2.75, 3.05) is 26.7 Å². The smallest absolute Gasteiger partial charge is 0.242 e. The summed E-state index contributed by atoms with van der Waals surface area (Å²) in [7, 11) is 1.58. The normalized spacial score (nSPS) is 24.3. The minimum atomic E-state index is -0.620. The van der Waals surface area contributed by atoms with Gasteiger partial charge in [-0.25, -0.2) is 0 Å². The number of rotatable bonds is 3. The zero-order chi connectivity index (χ0) is 12.3. The maximum atomic E-state index is 12.1. The van der Waals surface area contributed by atoms with Crippen LogP contribution in [0.2, 0.25) is 0 Å². The van der Waals surface area contributed by atoms with Gasteiger partial charge in [-0.2, -0.15) is 0 Å². The van der Waals surface area contributed by atoms with Gasteiger partial charge in [0.2, 0.25) is 5.91 Å². The van der Waals surface area contributed by atoms with Crippen LogP contribution in [-0.4, -0.2) is 55.2 Å². The largest absolute Gasteiger partial charge is 0.377 e. The molecule has 1 aliphatic rings. The molecule has 1 rings (SSSR count). The summed E-state index contributed by atoms with van der Waals surface area (Å²) in [5.41, 5.74) is 5.33. The summed E-state index contributed by atoms with van der Waals surface area (Å²) in [6.45, 7) is 7.99. The molecule has 5 nitrogen and oxygen atoms in total. The van der Waals surface area contributed by atoms with Gasteiger partial charge < -0.3 is 20.7 Å². The van der Waals surface area contributed by atoms with Gasteiger partial charge in [0.25, 0.3) is 0 Å². The molecular formula is C11H23N3O2. The highest BCUT2D eigenvalue weighted by Crippen LogP contribution is 2.14. The molecule has 0 radical (unpaired) electrons. The first kappa shape index (κ1) is 13.4. The van der Waals surface area contributed by atoms with E-state index < -0.39 is 11.6 Å². The van der Waals surface area contributed by atoms with E-state index in [1.54, 1.807) is 7.11 Å². The highest BCUT2D eigenvalue weighted by molar-refractivity contribution is 5.83. The van der Waals surface area contributed by atoms with Crippen LogP contribution >= 0.6 is 0 Å². The van der Waals surface area contributed by atoms with E-state index in [0.29, 0.717) is 12.6 Å². The fourth-order valence-corrected chi connectivity index (χ4v) is 1.75. The third-order valence-electron chi connectivity index (χ3n) is 3.22. The van der Waals surface area contributed by atoms with E-state index in [1.165, 1.54) is 0 Å². The number of ether oxygens (including phenoxy) is 1. The number of hydrogen-bond donors (Lipinski definition) is 2. The van der Waals surface area contributed by atoms with Crippen LogP contribution in [0.5, 0.6) is 0 Å². The second kappa shape index (κ2) is 5.12. The summed E-state index contributed by atoms with van der Waals surface area (Å²) in [6.07, 6.45) is 0. The van der Waals surface area contributed by atoms with Crippen molar-refractivity contribution in [1.82, 2.24) is 10.2 Å². The predicted molar refractivity (Wildman–Crippen MR) is 63.1 cm³/mol.